The van der Waals surface area contributed by atoms with E-state index in [1.165, 1.54) is 11.3 Å². The topological polar surface area (TPSA) is 55.4 Å². The molecule has 0 atom stereocenters. The minimum Gasteiger partial charge on any atom is -0.457 e. The first-order valence-corrected chi connectivity index (χ1v) is 10.3. The lowest BCUT2D eigenvalue weighted by Gasteiger charge is -2.11. The highest BCUT2D eigenvalue weighted by Gasteiger charge is 2.15. The molecule has 1 heterocycles. The molecule has 4 aromatic rings. The number of ether oxygens (including phenoxy) is 1. The van der Waals surface area contributed by atoms with Gasteiger partial charge in [0.15, 0.2) is 0 Å². The number of carbonyl (C=O) groups excluding carboxylic acids is 2. The minimum absolute atomic E-state index is 0.0141. The second kappa shape index (κ2) is 9.20. The zero-order chi connectivity index (χ0) is 20.8. The highest BCUT2D eigenvalue weighted by atomic mass is 32.1. The molecule has 0 bridgehead atoms. The first kappa shape index (κ1) is 19.6. The third-order valence-electron chi connectivity index (χ3n) is 4.45. The van der Waals surface area contributed by atoms with Crippen molar-refractivity contribution in [2.45, 2.75) is 6.54 Å². The fourth-order valence-electron chi connectivity index (χ4n) is 2.95. The van der Waals surface area contributed by atoms with Crippen LogP contribution < -0.4 is 10.1 Å². The van der Waals surface area contributed by atoms with Crippen LogP contribution in [0, 0.1) is 0 Å². The van der Waals surface area contributed by atoms with Gasteiger partial charge in [0.25, 0.3) is 5.91 Å². The molecule has 0 aliphatic rings. The molecule has 0 saturated carbocycles. The molecule has 0 spiro atoms. The molecular weight excluding hydrogens is 394 g/mol. The molecule has 0 radical (unpaired) electrons. The lowest BCUT2D eigenvalue weighted by Crippen LogP contribution is -2.22. The van der Waals surface area contributed by atoms with Gasteiger partial charge < -0.3 is 10.1 Å². The highest BCUT2D eigenvalue weighted by Crippen LogP contribution is 2.25. The number of hydrogen-bond acceptors (Lipinski definition) is 4. The molecule has 4 nitrogen and oxygen atoms in total. The molecule has 3 aromatic carbocycles. The molecule has 4 rings (SSSR count). The molecular formula is C25H19NO3S. The fraction of sp³-hybridized carbons (Fsp3) is 0.0400. The minimum atomic E-state index is -0.231. The number of ketones is 1. The number of thiophene rings is 1. The molecule has 0 aliphatic heterocycles. The van der Waals surface area contributed by atoms with E-state index in [0.29, 0.717) is 34.0 Å². The Morgan fingerprint density at radius 1 is 0.767 bits per heavy atom. The first-order chi connectivity index (χ1) is 14.7. The maximum Gasteiger partial charge on any atom is 0.255 e. The van der Waals surface area contributed by atoms with Gasteiger partial charge in [0.05, 0.1) is 17.0 Å². The van der Waals surface area contributed by atoms with Crippen molar-refractivity contribution in [2.75, 3.05) is 0 Å². The zero-order valence-corrected chi connectivity index (χ0v) is 16.9. The van der Waals surface area contributed by atoms with Crippen LogP contribution in [0.1, 0.15) is 30.5 Å². The van der Waals surface area contributed by atoms with Gasteiger partial charge in [-0.3, -0.25) is 9.59 Å². The van der Waals surface area contributed by atoms with Gasteiger partial charge in [-0.1, -0.05) is 60.7 Å². The van der Waals surface area contributed by atoms with Gasteiger partial charge in [-0.2, -0.15) is 0 Å². The van der Waals surface area contributed by atoms with Crippen molar-refractivity contribution in [1.82, 2.24) is 5.32 Å². The average Bonchev–Trinajstić information content (AvgIpc) is 3.28. The number of carbonyl (C=O) groups is 2. The zero-order valence-electron chi connectivity index (χ0n) is 16.1. The fourth-order valence-corrected chi connectivity index (χ4v) is 3.86. The Balaban J connectivity index is 1.42. The molecule has 5 heteroatoms. The smallest absolute Gasteiger partial charge is 0.255 e. The van der Waals surface area contributed by atoms with E-state index in [9.17, 15) is 9.59 Å². The van der Waals surface area contributed by atoms with E-state index in [-0.39, 0.29) is 11.7 Å². The van der Waals surface area contributed by atoms with Crippen LogP contribution in [0.3, 0.4) is 0 Å². The van der Waals surface area contributed by atoms with E-state index in [1.54, 1.807) is 36.4 Å². The summed E-state index contributed by atoms with van der Waals surface area (Å²) in [5.41, 5.74) is 1.11. The Morgan fingerprint density at radius 3 is 2.20 bits per heavy atom. The van der Waals surface area contributed by atoms with Gasteiger partial charge in [-0.15, -0.1) is 11.3 Å². The summed E-state index contributed by atoms with van der Waals surface area (Å²) in [5, 5.41) is 2.91. The van der Waals surface area contributed by atoms with E-state index in [4.69, 9.17) is 4.74 Å². The van der Waals surface area contributed by atoms with Crippen LogP contribution in [-0.4, -0.2) is 11.7 Å². The van der Waals surface area contributed by atoms with Crippen molar-refractivity contribution in [3.05, 3.63) is 118 Å². The molecule has 0 unspecified atom stereocenters. The van der Waals surface area contributed by atoms with Crippen LogP contribution in [0.5, 0.6) is 11.5 Å². The number of rotatable bonds is 7. The lowest BCUT2D eigenvalue weighted by atomic mass is 10.1. The predicted molar refractivity (Wildman–Crippen MR) is 118 cm³/mol. The van der Waals surface area contributed by atoms with Gasteiger partial charge in [0.2, 0.25) is 5.78 Å². The lowest BCUT2D eigenvalue weighted by molar-refractivity contribution is 0.0948. The summed E-state index contributed by atoms with van der Waals surface area (Å²) in [6.45, 7) is 0.339. The van der Waals surface area contributed by atoms with Gasteiger partial charge in [0.1, 0.15) is 11.5 Å². The highest BCUT2D eigenvalue weighted by molar-refractivity contribution is 7.14. The summed E-state index contributed by atoms with van der Waals surface area (Å²) in [4.78, 5) is 26.8. The summed E-state index contributed by atoms with van der Waals surface area (Å²) < 4.78 is 5.86. The Kier molecular flexibility index (Phi) is 6.01. The molecule has 1 amide bonds. The van der Waals surface area contributed by atoms with Crippen LogP contribution in [0.25, 0.3) is 0 Å². The van der Waals surface area contributed by atoms with Crippen molar-refractivity contribution in [2.24, 2.45) is 0 Å². The Hall–Kier alpha value is -3.70. The Bertz CT molecular complexity index is 1150. The normalized spacial score (nSPS) is 10.4. The maximum atomic E-state index is 12.7. The Morgan fingerprint density at radius 2 is 1.43 bits per heavy atom. The number of hydrogen-bond donors (Lipinski definition) is 1. The van der Waals surface area contributed by atoms with Crippen LogP contribution in [0.15, 0.2) is 97.1 Å². The number of nitrogens with one attached hydrogen (secondary N) is 1. The molecule has 1 N–H and O–H groups in total. The largest absolute Gasteiger partial charge is 0.457 e. The quantitative estimate of drug-likeness (QED) is 0.395. The third-order valence-corrected chi connectivity index (χ3v) is 5.53. The maximum absolute atomic E-state index is 12.7. The summed E-state index contributed by atoms with van der Waals surface area (Å²) in [6.07, 6.45) is 0. The van der Waals surface area contributed by atoms with Gasteiger partial charge >= 0.3 is 0 Å². The SMILES string of the molecule is O=C(c1ccccc1)c1ccc(CNC(=O)c2ccccc2Oc2ccccc2)s1. The summed E-state index contributed by atoms with van der Waals surface area (Å²) in [5.74, 6) is 0.915. The second-order valence-corrected chi connectivity index (χ2v) is 7.72. The van der Waals surface area contributed by atoms with Gasteiger partial charge in [0, 0.05) is 10.4 Å². The third kappa shape index (κ3) is 4.64. The standard InChI is InChI=1S/C25H19NO3S/c27-24(18-9-3-1-4-10-18)23-16-15-20(30-23)17-26-25(28)21-13-7-8-14-22(21)29-19-11-5-2-6-12-19/h1-16H,17H2,(H,26,28). The second-order valence-electron chi connectivity index (χ2n) is 6.56. The van der Waals surface area contributed by atoms with E-state index >= 15 is 0 Å². The van der Waals surface area contributed by atoms with Crippen LogP contribution in [0.2, 0.25) is 0 Å². The van der Waals surface area contributed by atoms with E-state index in [1.807, 2.05) is 60.7 Å². The number of amides is 1. The van der Waals surface area contributed by atoms with Crippen molar-refractivity contribution < 1.29 is 14.3 Å². The van der Waals surface area contributed by atoms with Crippen LogP contribution in [-0.2, 0) is 6.54 Å². The van der Waals surface area contributed by atoms with Gasteiger partial charge in [-0.05, 0) is 36.4 Å². The van der Waals surface area contributed by atoms with E-state index < -0.39 is 0 Å². The van der Waals surface area contributed by atoms with Crippen molar-refractivity contribution in [1.29, 1.82) is 0 Å². The van der Waals surface area contributed by atoms with E-state index in [2.05, 4.69) is 5.32 Å². The molecule has 0 fully saturated rings. The summed E-state index contributed by atoms with van der Waals surface area (Å²) in [6, 6.07) is 29.3. The monoisotopic (exact) mass is 413 g/mol. The number of benzene rings is 3. The van der Waals surface area contributed by atoms with Crippen LogP contribution in [0.4, 0.5) is 0 Å². The van der Waals surface area contributed by atoms with Crippen molar-refractivity contribution in [3.63, 3.8) is 0 Å². The molecule has 0 aliphatic carbocycles. The molecule has 148 valence electrons. The molecule has 1 aromatic heterocycles. The van der Waals surface area contributed by atoms with E-state index in [0.717, 1.165) is 4.88 Å². The van der Waals surface area contributed by atoms with Crippen molar-refractivity contribution >= 4 is 23.0 Å². The predicted octanol–water partition coefficient (Wildman–Crippen LogP) is 5.70. The van der Waals surface area contributed by atoms with Crippen molar-refractivity contribution in [3.8, 4) is 11.5 Å². The number of para-hydroxylation sites is 2. The van der Waals surface area contributed by atoms with Gasteiger partial charge in [-0.25, -0.2) is 0 Å². The molecule has 0 saturated heterocycles. The van der Waals surface area contributed by atoms with Crippen LogP contribution >= 0.6 is 11.3 Å². The average molecular weight is 413 g/mol. The Labute approximate surface area is 178 Å². The first-order valence-electron chi connectivity index (χ1n) is 9.49. The summed E-state index contributed by atoms with van der Waals surface area (Å²) in [7, 11) is 0. The summed E-state index contributed by atoms with van der Waals surface area (Å²) >= 11 is 1.38. The molecule has 30 heavy (non-hydrogen) atoms.